The van der Waals surface area contributed by atoms with Gasteiger partial charge in [0.15, 0.2) is 0 Å². The van der Waals surface area contributed by atoms with Crippen LogP contribution in [0.1, 0.15) is 27.8 Å². The minimum Gasteiger partial charge on any atom is -0.497 e. The van der Waals surface area contributed by atoms with Crippen molar-refractivity contribution in [1.82, 2.24) is 9.55 Å². The molecule has 0 aliphatic rings. The Hall–Kier alpha value is -3.88. The average Bonchev–Trinajstić information content (AvgIpc) is 3.11. The van der Waals surface area contributed by atoms with E-state index in [0.717, 1.165) is 11.6 Å². The van der Waals surface area contributed by atoms with Gasteiger partial charge < -0.3 is 20.4 Å². The molecule has 3 aromatic rings. The third-order valence-electron chi connectivity index (χ3n) is 4.34. The molecule has 1 aromatic heterocycles. The fourth-order valence-corrected chi connectivity index (χ4v) is 2.86. The Kier molecular flexibility index (Phi) is 5.25. The van der Waals surface area contributed by atoms with Crippen molar-refractivity contribution in [3.05, 3.63) is 81.9 Å². The van der Waals surface area contributed by atoms with Gasteiger partial charge in [0, 0.05) is 31.1 Å². The molecule has 0 fully saturated rings. The third kappa shape index (κ3) is 3.78. The lowest BCUT2D eigenvalue weighted by Crippen LogP contribution is -2.18. The molecular weight excluding hydrogens is 362 g/mol. The summed E-state index contributed by atoms with van der Waals surface area (Å²) in [5, 5.41) is 14.7. The van der Waals surface area contributed by atoms with Crippen molar-refractivity contribution >= 4 is 17.3 Å². The number of primary amides is 1. The number of nitro groups is 1. The van der Waals surface area contributed by atoms with Crippen molar-refractivity contribution < 1.29 is 14.5 Å². The molecule has 3 N–H and O–H groups in total. The number of nitrogens with zero attached hydrogens (tertiary/aromatic N) is 3. The maximum absolute atomic E-state index is 11.5. The summed E-state index contributed by atoms with van der Waals surface area (Å²) >= 11 is 0. The predicted molar refractivity (Wildman–Crippen MR) is 103 cm³/mol. The number of carbonyl (C=O) groups is 1. The number of anilines is 1. The van der Waals surface area contributed by atoms with Gasteiger partial charge in [-0.1, -0.05) is 12.1 Å². The quantitative estimate of drug-likeness (QED) is 0.479. The summed E-state index contributed by atoms with van der Waals surface area (Å²) in [7, 11) is 3.41. The number of hydrogen-bond acceptors (Lipinski definition) is 6. The molecule has 9 nitrogen and oxygen atoms in total. The fourth-order valence-electron chi connectivity index (χ4n) is 2.86. The topological polar surface area (TPSA) is 125 Å². The van der Waals surface area contributed by atoms with Crippen LogP contribution in [0.2, 0.25) is 0 Å². The van der Waals surface area contributed by atoms with E-state index in [4.69, 9.17) is 10.5 Å². The summed E-state index contributed by atoms with van der Waals surface area (Å²) in [5.41, 5.74) is 6.15. The van der Waals surface area contributed by atoms with Gasteiger partial charge in [0.1, 0.15) is 23.3 Å². The number of nitrogens with two attached hydrogens (primary N) is 1. The molecule has 1 heterocycles. The number of ether oxygens (including phenoxy) is 1. The number of rotatable bonds is 7. The van der Waals surface area contributed by atoms with E-state index >= 15 is 0 Å². The van der Waals surface area contributed by atoms with E-state index in [9.17, 15) is 14.9 Å². The Balaban J connectivity index is 2.06. The van der Waals surface area contributed by atoms with Gasteiger partial charge in [0.05, 0.1) is 12.0 Å². The maximum atomic E-state index is 11.5. The van der Waals surface area contributed by atoms with Gasteiger partial charge >= 0.3 is 0 Å². The molecule has 0 saturated carbocycles. The second-order valence-corrected chi connectivity index (χ2v) is 6.10. The Labute approximate surface area is 160 Å². The number of nitrogens with one attached hydrogen (secondary N) is 1. The van der Waals surface area contributed by atoms with Crippen molar-refractivity contribution in [2.75, 3.05) is 12.4 Å². The second kappa shape index (κ2) is 7.78. The average molecular weight is 381 g/mol. The van der Waals surface area contributed by atoms with E-state index in [2.05, 4.69) is 10.3 Å². The first-order chi connectivity index (χ1) is 13.4. The van der Waals surface area contributed by atoms with Crippen LogP contribution < -0.4 is 15.8 Å². The molecule has 1 amide bonds. The molecular formula is C19H19N5O4. The summed E-state index contributed by atoms with van der Waals surface area (Å²) in [6.45, 7) is 0. The van der Waals surface area contributed by atoms with E-state index in [1.807, 2.05) is 23.7 Å². The Morgan fingerprint density at radius 1 is 1.29 bits per heavy atom. The highest BCUT2D eigenvalue weighted by Crippen LogP contribution is 2.32. The predicted octanol–water partition coefficient (Wildman–Crippen LogP) is 2.64. The molecule has 0 unspecified atom stereocenters. The molecule has 1 atom stereocenters. The molecule has 0 bridgehead atoms. The largest absolute Gasteiger partial charge is 0.497 e. The maximum Gasteiger partial charge on any atom is 0.293 e. The first-order valence-corrected chi connectivity index (χ1v) is 8.36. The zero-order valence-electron chi connectivity index (χ0n) is 15.3. The van der Waals surface area contributed by atoms with Gasteiger partial charge in [-0.25, -0.2) is 4.98 Å². The smallest absolute Gasteiger partial charge is 0.293 e. The first kappa shape index (κ1) is 18.9. The van der Waals surface area contributed by atoms with E-state index < -0.39 is 16.9 Å². The number of imidazole rings is 1. The molecule has 0 radical (unpaired) electrons. The van der Waals surface area contributed by atoms with Crippen molar-refractivity contribution in [3.8, 4) is 5.75 Å². The number of benzene rings is 2. The Morgan fingerprint density at radius 2 is 2.00 bits per heavy atom. The van der Waals surface area contributed by atoms with Crippen LogP contribution in [-0.2, 0) is 7.05 Å². The number of aromatic nitrogens is 2. The van der Waals surface area contributed by atoms with Crippen molar-refractivity contribution in [2.45, 2.75) is 6.04 Å². The van der Waals surface area contributed by atoms with Crippen LogP contribution in [0.15, 0.2) is 54.9 Å². The van der Waals surface area contributed by atoms with Crippen LogP contribution in [0.4, 0.5) is 11.4 Å². The number of methoxy groups -OCH3 is 1. The van der Waals surface area contributed by atoms with E-state index in [1.54, 1.807) is 31.6 Å². The number of carbonyl (C=O) groups excluding carboxylic acids is 1. The third-order valence-corrected chi connectivity index (χ3v) is 4.34. The van der Waals surface area contributed by atoms with Gasteiger partial charge in [0.2, 0.25) is 5.91 Å². The van der Waals surface area contributed by atoms with Gasteiger partial charge in [0.25, 0.3) is 5.69 Å². The summed E-state index contributed by atoms with van der Waals surface area (Å²) in [5.74, 6) is 0.628. The molecule has 0 spiro atoms. The van der Waals surface area contributed by atoms with E-state index in [-0.39, 0.29) is 16.9 Å². The van der Waals surface area contributed by atoms with Gasteiger partial charge in [-0.05, 0) is 29.8 Å². The zero-order chi connectivity index (χ0) is 20.3. The highest BCUT2D eigenvalue weighted by Gasteiger charge is 2.23. The van der Waals surface area contributed by atoms with Crippen LogP contribution in [0.25, 0.3) is 0 Å². The Morgan fingerprint density at radius 3 is 2.54 bits per heavy atom. The minimum atomic E-state index is -0.731. The van der Waals surface area contributed by atoms with Crippen LogP contribution in [0.3, 0.4) is 0 Å². The number of amides is 1. The van der Waals surface area contributed by atoms with Crippen molar-refractivity contribution in [3.63, 3.8) is 0 Å². The summed E-state index contributed by atoms with van der Waals surface area (Å²) in [6.07, 6.45) is 3.44. The standard InChI is InChI=1S/C19H19N5O4/c1-23-10-9-21-19(23)17(12-3-6-14(28-2)7-4-12)22-15-8-5-13(18(20)25)11-16(15)24(26)27/h3-11,17,22H,1-2H3,(H2,20,25)/t17-/m1/s1. The van der Waals surface area contributed by atoms with Crippen LogP contribution in [0.5, 0.6) is 5.75 Å². The molecule has 0 aliphatic heterocycles. The van der Waals surface area contributed by atoms with Gasteiger partial charge in [-0.3, -0.25) is 14.9 Å². The van der Waals surface area contributed by atoms with Gasteiger partial charge in [-0.2, -0.15) is 0 Å². The summed E-state index contributed by atoms with van der Waals surface area (Å²) in [4.78, 5) is 26.7. The Bertz CT molecular complexity index is 1010. The van der Waals surface area contributed by atoms with Crippen LogP contribution in [-0.4, -0.2) is 27.5 Å². The molecule has 144 valence electrons. The lowest BCUT2D eigenvalue weighted by atomic mass is 10.0. The SMILES string of the molecule is COc1ccc([C@@H](Nc2ccc(C(N)=O)cc2[N+](=O)[O-])c2nccn2C)cc1. The normalized spacial score (nSPS) is 11.6. The summed E-state index contributed by atoms with van der Waals surface area (Å²) in [6, 6.07) is 10.9. The van der Waals surface area contributed by atoms with Crippen LogP contribution in [0, 0.1) is 10.1 Å². The van der Waals surface area contributed by atoms with Crippen molar-refractivity contribution in [2.24, 2.45) is 12.8 Å². The molecule has 0 saturated heterocycles. The lowest BCUT2D eigenvalue weighted by Gasteiger charge is -2.20. The number of aryl methyl sites for hydroxylation is 1. The molecule has 0 aliphatic carbocycles. The molecule has 2 aromatic carbocycles. The lowest BCUT2D eigenvalue weighted by molar-refractivity contribution is -0.384. The van der Waals surface area contributed by atoms with E-state index in [1.165, 1.54) is 12.1 Å². The molecule has 9 heteroatoms. The highest BCUT2D eigenvalue weighted by molar-refractivity contribution is 5.94. The van der Waals surface area contributed by atoms with Gasteiger partial charge in [-0.15, -0.1) is 0 Å². The zero-order valence-corrected chi connectivity index (χ0v) is 15.3. The highest BCUT2D eigenvalue weighted by atomic mass is 16.6. The fraction of sp³-hybridized carbons (Fsp3) is 0.158. The number of hydrogen-bond donors (Lipinski definition) is 2. The summed E-state index contributed by atoms with van der Waals surface area (Å²) < 4.78 is 7.02. The molecule has 28 heavy (non-hydrogen) atoms. The minimum absolute atomic E-state index is 0.0650. The second-order valence-electron chi connectivity index (χ2n) is 6.10. The monoisotopic (exact) mass is 381 g/mol. The van der Waals surface area contributed by atoms with Crippen LogP contribution >= 0.6 is 0 Å². The molecule has 3 rings (SSSR count). The van der Waals surface area contributed by atoms with E-state index in [0.29, 0.717) is 11.6 Å². The first-order valence-electron chi connectivity index (χ1n) is 8.36. The number of nitro benzene ring substituents is 1. The van der Waals surface area contributed by atoms with Crippen molar-refractivity contribution in [1.29, 1.82) is 0 Å².